The number of benzene rings is 1. The number of nitrogens with zero attached hydrogens (tertiary/aromatic N) is 3. The molecule has 3 aromatic rings. The van der Waals surface area contributed by atoms with Gasteiger partial charge < -0.3 is 15.8 Å². The molecule has 9 heteroatoms. The maximum atomic E-state index is 11.8. The number of esters is 1. The molecular formula is C17H14ClN5O2S. The van der Waals surface area contributed by atoms with E-state index in [0.717, 1.165) is 11.3 Å². The lowest BCUT2D eigenvalue weighted by Gasteiger charge is -2.07. The average Bonchev–Trinajstić information content (AvgIpc) is 3.13. The first-order valence-corrected chi connectivity index (χ1v) is 8.80. The van der Waals surface area contributed by atoms with E-state index >= 15 is 0 Å². The van der Waals surface area contributed by atoms with E-state index in [2.05, 4.69) is 20.3 Å². The summed E-state index contributed by atoms with van der Waals surface area (Å²) in [5.74, 6) is 0.0182. The summed E-state index contributed by atoms with van der Waals surface area (Å²) in [5, 5.41) is 7.45. The van der Waals surface area contributed by atoms with E-state index < -0.39 is 5.97 Å². The molecule has 0 fully saturated rings. The van der Waals surface area contributed by atoms with E-state index in [1.54, 1.807) is 41.7 Å². The molecule has 3 N–H and O–H groups in total. The van der Waals surface area contributed by atoms with Gasteiger partial charge in [-0.05, 0) is 52.7 Å². The van der Waals surface area contributed by atoms with E-state index in [4.69, 9.17) is 22.1 Å². The van der Waals surface area contributed by atoms with E-state index in [-0.39, 0.29) is 24.3 Å². The molecule has 0 atom stereocenters. The molecule has 0 radical (unpaired) electrons. The third-order valence-electron chi connectivity index (χ3n) is 3.10. The molecule has 3 rings (SSSR count). The van der Waals surface area contributed by atoms with Crippen LogP contribution in [-0.2, 0) is 16.1 Å². The van der Waals surface area contributed by atoms with Crippen LogP contribution in [0.15, 0.2) is 47.2 Å². The lowest BCUT2D eigenvalue weighted by molar-refractivity contribution is -0.139. The van der Waals surface area contributed by atoms with Gasteiger partial charge in [-0.2, -0.15) is 26.3 Å². The number of nitrogens with one attached hydrogen (secondary N) is 1. The maximum absolute atomic E-state index is 11.8. The number of hydrogen-bond donors (Lipinski definition) is 2. The van der Waals surface area contributed by atoms with Crippen LogP contribution >= 0.6 is 22.9 Å². The molecule has 7 nitrogen and oxygen atoms in total. The molecule has 2 heterocycles. The van der Waals surface area contributed by atoms with E-state index in [1.807, 2.05) is 16.8 Å². The topological polar surface area (TPSA) is 103 Å². The van der Waals surface area contributed by atoms with Gasteiger partial charge in [0.05, 0.1) is 0 Å². The van der Waals surface area contributed by atoms with Crippen molar-refractivity contribution in [2.45, 2.75) is 6.61 Å². The van der Waals surface area contributed by atoms with Crippen LogP contribution in [0.2, 0.25) is 5.02 Å². The van der Waals surface area contributed by atoms with Crippen molar-refractivity contribution in [2.75, 3.05) is 11.1 Å². The van der Waals surface area contributed by atoms with Crippen molar-refractivity contribution < 1.29 is 9.53 Å². The van der Waals surface area contributed by atoms with Crippen molar-refractivity contribution in [1.82, 2.24) is 15.0 Å². The molecule has 1 aromatic carbocycles. The highest BCUT2D eigenvalue weighted by Gasteiger charge is 2.07. The minimum atomic E-state index is -0.498. The molecule has 0 aliphatic carbocycles. The summed E-state index contributed by atoms with van der Waals surface area (Å²) in [6.07, 6.45) is 3.02. The van der Waals surface area contributed by atoms with Crippen molar-refractivity contribution in [3.63, 3.8) is 0 Å². The molecule has 2 aromatic heterocycles. The van der Waals surface area contributed by atoms with Gasteiger partial charge in [-0.1, -0.05) is 11.6 Å². The minimum absolute atomic E-state index is 0.0244. The van der Waals surface area contributed by atoms with Gasteiger partial charge in [0.25, 0.3) is 0 Å². The maximum Gasteiger partial charge on any atom is 0.331 e. The Bertz CT molecular complexity index is 913. The Morgan fingerprint density at radius 1 is 1.23 bits per heavy atom. The predicted molar refractivity (Wildman–Crippen MR) is 102 cm³/mol. The summed E-state index contributed by atoms with van der Waals surface area (Å²) in [7, 11) is 0. The first-order chi connectivity index (χ1) is 12.6. The number of thiophene rings is 1. The highest BCUT2D eigenvalue weighted by Crippen LogP contribution is 2.17. The number of hydrogen-bond acceptors (Lipinski definition) is 8. The van der Waals surface area contributed by atoms with Crippen LogP contribution in [0.5, 0.6) is 0 Å². The molecule has 132 valence electrons. The lowest BCUT2D eigenvalue weighted by atomic mass is 10.3. The second kappa shape index (κ2) is 8.41. The molecule has 0 aliphatic rings. The molecule has 0 saturated heterocycles. The molecule has 0 spiro atoms. The summed E-state index contributed by atoms with van der Waals surface area (Å²) in [4.78, 5) is 23.9. The monoisotopic (exact) mass is 387 g/mol. The van der Waals surface area contributed by atoms with E-state index in [9.17, 15) is 4.79 Å². The van der Waals surface area contributed by atoms with E-state index in [0.29, 0.717) is 5.02 Å². The minimum Gasteiger partial charge on any atom is -0.454 e. The largest absolute Gasteiger partial charge is 0.454 e. The van der Waals surface area contributed by atoms with Crippen molar-refractivity contribution >= 4 is 52.6 Å². The van der Waals surface area contributed by atoms with Gasteiger partial charge in [0.1, 0.15) is 0 Å². The van der Waals surface area contributed by atoms with Crippen LogP contribution in [0, 0.1) is 0 Å². The Morgan fingerprint density at radius 2 is 2.04 bits per heavy atom. The van der Waals surface area contributed by atoms with Crippen molar-refractivity contribution in [3.05, 3.63) is 63.6 Å². The van der Waals surface area contributed by atoms with Crippen molar-refractivity contribution in [2.24, 2.45) is 0 Å². The highest BCUT2D eigenvalue weighted by atomic mass is 35.5. The zero-order chi connectivity index (χ0) is 18.4. The number of anilines is 3. The highest BCUT2D eigenvalue weighted by molar-refractivity contribution is 7.08. The smallest absolute Gasteiger partial charge is 0.331 e. The Labute approximate surface area is 158 Å². The normalized spacial score (nSPS) is 10.8. The standard InChI is InChI=1S/C17H14ClN5O2S/c18-12-2-4-13(5-3-12)20-17-22-14(21-16(19)23-17)9-25-15(24)6-1-11-7-8-26-10-11/h1-8,10H,9H2,(H3,19,20,21,22,23)/b6-1+. The van der Waals surface area contributed by atoms with Gasteiger partial charge in [-0.25, -0.2) is 4.79 Å². The van der Waals surface area contributed by atoms with Crippen molar-refractivity contribution in [3.8, 4) is 0 Å². The van der Waals surface area contributed by atoms with Gasteiger partial charge in [-0.3, -0.25) is 0 Å². The van der Waals surface area contributed by atoms with Crippen LogP contribution in [0.4, 0.5) is 17.6 Å². The molecule has 0 unspecified atom stereocenters. The van der Waals surface area contributed by atoms with Crippen LogP contribution in [0.1, 0.15) is 11.4 Å². The number of rotatable bonds is 6. The third kappa shape index (κ3) is 5.27. The molecule has 0 amide bonds. The summed E-state index contributed by atoms with van der Waals surface area (Å²) in [5.41, 5.74) is 7.36. The number of nitrogens with two attached hydrogens (primary N) is 1. The fourth-order valence-electron chi connectivity index (χ4n) is 1.94. The predicted octanol–water partition coefficient (Wildman–Crippen LogP) is 3.67. The van der Waals surface area contributed by atoms with Gasteiger partial charge in [0.2, 0.25) is 11.9 Å². The number of halogens is 1. The Kier molecular flexibility index (Phi) is 5.77. The average molecular weight is 388 g/mol. The Hall–Kier alpha value is -2.97. The molecule has 26 heavy (non-hydrogen) atoms. The van der Waals surface area contributed by atoms with Gasteiger partial charge in [-0.15, -0.1) is 0 Å². The summed E-state index contributed by atoms with van der Waals surface area (Å²) < 4.78 is 5.13. The second-order valence-electron chi connectivity index (χ2n) is 5.06. The van der Waals surface area contributed by atoms with Crippen molar-refractivity contribution in [1.29, 1.82) is 0 Å². The van der Waals surface area contributed by atoms with Crippen LogP contribution in [-0.4, -0.2) is 20.9 Å². The number of aromatic nitrogens is 3. The lowest BCUT2D eigenvalue weighted by Crippen LogP contribution is -2.10. The number of carbonyl (C=O) groups is 1. The zero-order valence-electron chi connectivity index (χ0n) is 13.4. The number of carbonyl (C=O) groups excluding carboxylic acids is 1. The SMILES string of the molecule is Nc1nc(COC(=O)/C=C/c2ccsc2)nc(Nc2ccc(Cl)cc2)n1. The van der Waals surface area contributed by atoms with Crippen LogP contribution in [0.3, 0.4) is 0 Å². The molecular weight excluding hydrogens is 374 g/mol. The van der Waals surface area contributed by atoms with Gasteiger partial charge in [0, 0.05) is 16.8 Å². The number of ether oxygens (including phenoxy) is 1. The zero-order valence-corrected chi connectivity index (χ0v) is 15.0. The third-order valence-corrected chi connectivity index (χ3v) is 4.05. The quantitative estimate of drug-likeness (QED) is 0.491. The Balaban J connectivity index is 1.62. The molecule has 0 saturated carbocycles. The summed E-state index contributed by atoms with van der Waals surface area (Å²) in [6.45, 7) is -0.116. The van der Waals surface area contributed by atoms with Gasteiger partial charge in [0.15, 0.2) is 12.4 Å². The Morgan fingerprint density at radius 3 is 2.77 bits per heavy atom. The van der Waals surface area contributed by atoms with E-state index in [1.165, 1.54) is 6.08 Å². The fraction of sp³-hybridized carbons (Fsp3) is 0.0588. The second-order valence-corrected chi connectivity index (χ2v) is 6.28. The first kappa shape index (κ1) is 17.8. The van der Waals surface area contributed by atoms with Crippen LogP contribution < -0.4 is 11.1 Å². The summed E-state index contributed by atoms with van der Waals surface area (Å²) >= 11 is 7.40. The van der Waals surface area contributed by atoms with Gasteiger partial charge >= 0.3 is 5.97 Å². The first-order valence-electron chi connectivity index (χ1n) is 7.48. The molecule has 0 aliphatic heterocycles. The summed E-state index contributed by atoms with van der Waals surface area (Å²) in [6, 6.07) is 8.91. The number of nitrogen functional groups attached to an aromatic ring is 1. The molecule has 0 bridgehead atoms. The fourth-order valence-corrected chi connectivity index (χ4v) is 2.69. The van der Waals surface area contributed by atoms with Crippen LogP contribution in [0.25, 0.3) is 6.08 Å².